The van der Waals surface area contributed by atoms with Crippen molar-refractivity contribution < 1.29 is 14.0 Å². The first-order valence-corrected chi connectivity index (χ1v) is 6.08. The Bertz CT molecular complexity index is 527. The molecule has 19 heavy (non-hydrogen) atoms. The summed E-state index contributed by atoms with van der Waals surface area (Å²) in [5, 5.41) is 2.72. The van der Waals surface area contributed by atoms with Crippen LogP contribution in [-0.2, 0) is 9.59 Å². The average molecular weight is 283 g/mol. The van der Waals surface area contributed by atoms with E-state index >= 15 is 0 Å². The molecule has 0 aromatic heterocycles. The highest BCUT2D eigenvalue weighted by molar-refractivity contribution is 6.31. The molecule has 1 aliphatic rings. The standard InChI is InChI=1S/C13H12ClFN2O2/c1-2-10(18)17-7-6-16-13(19)12(17)11-8(14)4-3-5-9(11)15/h2-5,12H,1,6-7H2,(H,16,19). The molecule has 0 bridgehead atoms. The second-order valence-electron chi connectivity index (χ2n) is 4.06. The predicted molar refractivity (Wildman–Crippen MR) is 69.1 cm³/mol. The van der Waals surface area contributed by atoms with Gasteiger partial charge in [0.05, 0.1) is 0 Å². The van der Waals surface area contributed by atoms with Crippen LogP contribution in [0.1, 0.15) is 11.6 Å². The van der Waals surface area contributed by atoms with Crippen molar-refractivity contribution in [2.24, 2.45) is 0 Å². The molecule has 1 heterocycles. The molecule has 1 unspecified atom stereocenters. The van der Waals surface area contributed by atoms with Crippen LogP contribution in [-0.4, -0.2) is 29.8 Å². The maximum absolute atomic E-state index is 13.9. The van der Waals surface area contributed by atoms with Gasteiger partial charge in [-0.05, 0) is 18.2 Å². The van der Waals surface area contributed by atoms with Gasteiger partial charge in [0.2, 0.25) is 11.8 Å². The van der Waals surface area contributed by atoms with Gasteiger partial charge in [0.15, 0.2) is 0 Å². The summed E-state index contributed by atoms with van der Waals surface area (Å²) in [7, 11) is 0. The van der Waals surface area contributed by atoms with Crippen molar-refractivity contribution in [3.63, 3.8) is 0 Å². The zero-order valence-electron chi connectivity index (χ0n) is 10.0. The maximum Gasteiger partial charge on any atom is 0.247 e. The molecule has 0 spiro atoms. The molecule has 1 saturated heterocycles. The van der Waals surface area contributed by atoms with E-state index in [4.69, 9.17) is 11.6 Å². The molecule has 1 N–H and O–H groups in total. The van der Waals surface area contributed by atoms with Crippen LogP contribution >= 0.6 is 11.6 Å². The Balaban J connectivity index is 2.51. The molecule has 2 rings (SSSR count). The Morgan fingerprint density at radius 1 is 1.58 bits per heavy atom. The van der Waals surface area contributed by atoms with E-state index in [1.54, 1.807) is 0 Å². The number of rotatable bonds is 2. The van der Waals surface area contributed by atoms with Gasteiger partial charge < -0.3 is 10.2 Å². The van der Waals surface area contributed by atoms with Gasteiger partial charge >= 0.3 is 0 Å². The molecule has 1 aliphatic heterocycles. The van der Waals surface area contributed by atoms with E-state index < -0.39 is 23.7 Å². The van der Waals surface area contributed by atoms with Gasteiger partial charge in [0.1, 0.15) is 11.9 Å². The van der Waals surface area contributed by atoms with Gasteiger partial charge in [0, 0.05) is 23.7 Å². The molecule has 0 aliphatic carbocycles. The number of carbonyl (C=O) groups is 2. The SMILES string of the molecule is C=CC(=O)N1CCNC(=O)C1c1c(F)cccc1Cl. The lowest BCUT2D eigenvalue weighted by molar-refractivity contribution is -0.140. The van der Waals surface area contributed by atoms with Gasteiger partial charge in [-0.15, -0.1) is 0 Å². The highest BCUT2D eigenvalue weighted by Crippen LogP contribution is 2.31. The number of nitrogens with zero attached hydrogens (tertiary/aromatic N) is 1. The summed E-state index contributed by atoms with van der Waals surface area (Å²) in [4.78, 5) is 25.0. The van der Waals surface area contributed by atoms with Crippen LogP contribution in [0.5, 0.6) is 0 Å². The molecule has 100 valence electrons. The summed E-state index contributed by atoms with van der Waals surface area (Å²) in [5.41, 5.74) is 0.0107. The molecule has 0 radical (unpaired) electrons. The van der Waals surface area contributed by atoms with Gasteiger partial charge in [-0.25, -0.2) is 4.39 Å². The molecule has 1 fully saturated rings. The summed E-state index contributed by atoms with van der Waals surface area (Å²) >= 11 is 5.96. The molecular weight excluding hydrogens is 271 g/mol. The maximum atomic E-state index is 13.9. The fourth-order valence-electron chi connectivity index (χ4n) is 2.08. The third kappa shape index (κ3) is 2.46. The Morgan fingerprint density at radius 2 is 2.32 bits per heavy atom. The van der Waals surface area contributed by atoms with Crippen molar-refractivity contribution in [2.75, 3.05) is 13.1 Å². The topological polar surface area (TPSA) is 49.4 Å². The lowest BCUT2D eigenvalue weighted by Crippen LogP contribution is -2.52. The van der Waals surface area contributed by atoms with Crippen molar-refractivity contribution in [1.29, 1.82) is 0 Å². The lowest BCUT2D eigenvalue weighted by atomic mass is 10.0. The first-order valence-electron chi connectivity index (χ1n) is 5.71. The molecule has 1 atom stereocenters. The van der Waals surface area contributed by atoms with Crippen LogP contribution in [0.4, 0.5) is 4.39 Å². The molecule has 2 amide bonds. The van der Waals surface area contributed by atoms with Crippen LogP contribution in [0, 0.1) is 5.82 Å². The Labute approximate surface area is 114 Å². The normalized spacial score (nSPS) is 18.9. The van der Waals surface area contributed by atoms with Crippen molar-refractivity contribution >= 4 is 23.4 Å². The van der Waals surface area contributed by atoms with Crippen LogP contribution in [0.15, 0.2) is 30.9 Å². The summed E-state index contributed by atoms with van der Waals surface area (Å²) in [5.74, 6) is -1.50. The third-order valence-corrected chi connectivity index (χ3v) is 3.27. The van der Waals surface area contributed by atoms with E-state index in [0.717, 1.165) is 6.08 Å². The minimum Gasteiger partial charge on any atom is -0.352 e. The largest absolute Gasteiger partial charge is 0.352 e. The van der Waals surface area contributed by atoms with E-state index in [2.05, 4.69) is 11.9 Å². The van der Waals surface area contributed by atoms with Crippen LogP contribution in [0.25, 0.3) is 0 Å². The number of piperazine rings is 1. The van der Waals surface area contributed by atoms with Crippen molar-refractivity contribution in [1.82, 2.24) is 10.2 Å². The fourth-order valence-corrected chi connectivity index (χ4v) is 2.35. The van der Waals surface area contributed by atoms with E-state index in [1.165, 1.54) is 23.1 Å². The minimum atomic E-state index is -1.06. The quantitative estimate of drug-likeness (QED) is 0.839. The molecule has 1 aromatic carbocycles. The Morgan fingerprint density at radius 3 is 2.95 bits per heavy atom. The second kappa shape index (κ2) is 5.40. The zero-order chi connectivity index (χ0) is 14.0. The smallest absolute Gasteiger partial charge is 0.247 e. The van der Waals surface area contributed by atoms with Crippen molar-refractivity contribution in [3.05, 3.63) is 47.3 Å². The van der Waals surface area contributed by atoms with Gasteiger partial charge in [-0.1, -0.05) is 24.2 Å². The first kappa shape index (κ1) is 13.5. The van der Waals surface area contributed by atoms with Crippen LogP contribution < -0.4 is 5.32 Å². The predicted octanol–water partition coefficient (Wildman–Crippen LogP) is 1.66. The van der Waals surface area contributed by atoms with E-state index in [9.17, 15) is 14.0 Å². The lowest BCUT2D eigenvalue weighted by Gasteiger charge is -2.35. The highest BCUT2D eigenvalue weighted by Gasteiger charge is 2.36. The molecular formula is C13H12ClFN2O2. The van der Waals surface area contributed by atoms with Gasteiger partial charge in [-0.2, -0.15) is 0 Å². The number of hydrogen-bond donors (Lipinski definition) is 1. The summed E-state index contributed by atoms with van der Waals surface area (Å²) in [6.45, 7) is 3.99. The highest BCUT2D eigenvalue weighted by atomic mass is 35.5. The average Bonchev–Trinajstić information content (AvgIpc) is 2.39. The van der Waals surface area contributed by atoms with Crippen molar-refractivity contribution in [3.8, 4) is 0 Å². The Hall–Kier alpha value is -1.88. The van der Waals surface area contributed by atoms with E-state index in [-0.39, 0.29) is 17.1 Å². The number of nitrogens with one attached hydrogen (secondary N) is 1. The second-order valence-corrected chi connectivity index (χ2v) is 4.47. The first-order chi connectivity index (χ1) is 9.06. The summed E-state index contributed by atoms with van der Waals surface area (Å²) < 4.78 is 13.9. The van der Waals surface area contributed by atoms with Crippen LogP contribution in [0.2, 0.25) is 5.02 Å². The fraction of sp³-hybridized carbons (Fsp3) is 0.231. The Kier molecular flexibility index (Phi) is 3.85. The number of carbonyl (C=O) groups excluding carboxylic acids is 2. The van der Waals surface area contributed by atoms with Gasteiger partial charge in [-0.3, -0.25) is 9.59 Å². The van der Waals surface area contributed by atoms with Gasteiger partial charge in [0.25, 0.3) is 0 Å². The third-order valence-electron chi connectivity index (χ3n) is 2.94. The number of hydrogen-bond acceptors (Lipinski definition) is 2. The van der Waals surface area contributed by atoms with Crippen LogP contribution in [0.3, 0.4) is 0 Å². The van der Waals surface area contributed by atoms with Crippen molar-refractivity contribution in [2.45, 2.75) is 6.04 Å². The summed E-state index contributed by atoms with van der Waals surface area (Å²) in [6.07, 6.45) is 1.10. The van der Waals surface area contributed by atoms with E-state index in [1.807, 2.05) is 0 Å². The molecule has 0 saturated carbocycles. The molecule has 6 heteroatoms. The number of amides is 2. The van der Waals surface area contributed by atoms with E-state index in [0.29, 0.717) is 6.54 Å². The zero-order valence-corrected chi connectivity index (χ0v) is 10.8. The summed E-state index contributed by atoms with van der Waals surface area (Å²) in [6, 6.07) is 3.08. The minimum absolute atomic E-state index is 0.0107. The number of benzene rings is 1. The molecule has 4 nitrogen and oxygen atoms in total. The number of halogens is 2. The molecule has 1 aromatic rings. The monoisotopic (exact) mass is 282 g/mol.